The number of carbonyl (C=O) groups excluding carboxylic acids is 1. The van der Waals surface area contributed by atoms with Crippen molar-refractivity contribution in [1.29, 1.82) is 0 Å². The zero-order valence-corrected chi connectivity index (χ0v) is 13.8. The molecule has 1 aromatic heterocycles. The highest BCUT2D eigenvalue weighted by atomic mass is 16.3. The van der Waals surface area contributed by atoms with Gasteiger partial charge in [-0.2, -0.15) is 0 Å². The SMILES string of the molecule is Cc1c(C(C)NC(=O)CC(O)c2ccccc2)oc2ccccc12. The summed E-state index contributed by atoms with van der Waals surface area (Å²) in [7, 11) is 0. The lowest BCUT2D eigenvalue weighted by atomic mass is 10.1. The van der Waals surface area contributed by atoms with Crippen molar-refractivity contribution in [3.05, 3.63) is 71.5 Å². The third-order valence-corrected chi connectivity index (χ3v) is 4.21. The van der Waals surface area contributed by atoms with Crippen LogP contribution in [0, 0.1) is 6.92 Å². The van der Waals surface area contributed by atoms with E-state index in [1.807, 2.05) is 68.4 Å². The number of aliphatic hydroxyl groups excluding tert-OH is 1. The van der Waals surface area contributed by atoms with E-state index in [1.54, 1.807) is 0 Å². The Morgan fingerprint density at radius 2 is 1.79 bits per heavy atom. The first-order valence-electron chi connectivity index (χ1n) is 8.06. The fraction of sp³-hybridized carbons (Fsp3) is 0.250. The van der Waals surface area contributed by atoms with Crippen molar-refractivity contribution in [3.8, 4) is 0 Å². The number of rotatable bonds is 5. The highest BCUT2D eigenvalue weighted by Gasteiger charge is 2.20. The van der Waals surface area contributed by atoms with Gasteiger partial charge in [0.05, 0.1) is 18.6 Å². The van der Waals surface area contributed by atoms with E-state index < -0.39 is 6.10 Å². The van der Waals surface area contributed by atoms with Crippen molar-refractivity contribution >= 4 is 16.9 Å². The Balaban J connectivity index is 1.68. The smallest absolute Gasteiger partial charge is 0.223 e. The van der Waals surface area contributed by atoms with Crippen LogP contribution in [0.2, 0.25) is 0 Å². The zero-order chi connectivity index (χ0) is 17.1. The van der Waals surface area contributed by atoms with Gasteiger partial charge >= 0.3 is 0 Å². The lowest BCUT2D eigenvalue weighted by Gasteiger charge is -2.15. The molecule has 2 aromatic carbocycles. The van der Waals surface area contributed by atoms with Crippen LogP contribution in [0.4, 0.5) is 0 Å². The third kappa shape index (κ3) is 3.34. The van der Waals surface area contributed by atoms with Gasteiger partial charge in [0, 0.05) is 10.9 Å². The Kier molecular flexibility index (Phi) is 4.67. The van der Waals surface area contributed by atoms with Crippen LogP contribution in [0.25, 0.3) is 11.0 Å². The van der Waals surface area contributed by atoms with Crippen molar-refractivity contribution in [1.82, 2.24) is 5.32 Å². The summed E-state index contributed by atoms with van der Waals surface area (Å²) in [6.45, 7) is 3.88. The van der Waals surface area contributed by atoms with E-state index in [0.717, 1.165) is 27.9 Å². The van der Waals surface area contributed by atoms with E-state index in [2.05, 4.69) is 5.32 Å². The molecule has 0 saturated carbocycles. The van der Waals surface area contributed by atoms with Crippen LogP contribution in [-0.2, 0) is 4.79 Å². The summed E-state index contributed by atoms with van der Waals surface area (Å²) in [4.78, 5) is 12.2. The van der Waals surface area contributed by atoms with E-state index in [4.69, 9.17) is 4.42 Å². The second-order valence-corrected chi connectivity index (χ2v) is 6.01. The fourth-order valence-corrected chi connectivity index (χ4v) is 2.94. The number of aliphatic hydroxyl groups is 1. The molecule has 0 saturated heterocycles. The van der Waals surface area contributed by atoms with Crippen LogP contribution in [0.1, 0.15) is 42.4 Å². The molecular weight excluding hydrogens is 302 g/mol. The van der Waals surface area contributed by atoms with Crippen molar-refractivity contribution in [3.63, 3.8) is 0 Å². The van der Waals surface area contributed by atoms with E-state index in [0.29, 0.717) is 0 Å². The van der Waals surface area contributed by atoms with Gasteiger partial charge in [0.2, 0.25) is 5.91 Å². The van der Waals surface area contributed by atoms with E-state index in [-0.39, 0.29) is 18.4 Å². The van der Waals surface area contributed by atoms with Gasteiger partial charge in [-0.05, 0) is 25.5 Å². The van der Waals surface area contributed by atoms with Crippen molar-refractivity contribution in [2.75, 3.05) is 0 Å². The maximum Gasteiger partial charge on any atom is 0.223 e. The Morgan fingerprint density at radius 3 is 2.50 bits per heavy atom. The normalized spacial score (nSPS) is 13.6. The zero-order valence-electron chi connectivity index (χ0n) is 13.8. The quantitative estimate of drug-likeness (QED) is 0.745. The van der Waals surface area contributed by atoms with Gasteiger partial charge in [0.25, 0.3) is 0 Å². The number of aryl methyl sites for hydroxylation is 1. The molecule has 1 amide bonds. The van der Waals surface area contributed by atoms with Gasteiger partial charge in [0.1, 0.15) is 11.3 Å². The van der Waals surface area contributed by atoms with Gasteiger partial charge in [-0.1, -0.05) is 48.5 Å². The molecule has 124 valence electrons. The van der Waals surface area contributed by atoms with E-state index >= 15 is 0 Å². The maximum atomic E-state index is 12.2. The Morgan fingerprint density at radius 1 is 1.12 bits per heavy atom. The summed E-state index contributed by atoms with van der Waals surface area (Å²) >= 11 is 0. The number of hydrogen-bond donors (Lipinski definition) is 2. The van der Waals surface area contributed by atoms with E-state index in [9.17, 15) is 9.90 Å². The molecule has 4 heteroatoms. The van der Waals surface area contributed by atoms with Crippen LogP contribution in [0.3, 0.4) is 0 Å². The second-order valence-electron chi connectivity index (χ2n) is 6.01. The minimum absolute atomic E-state index is 0.0215. The average molecular weight is 323 g/mol. The lowest BCUT2D eigenvalue weighted by molar-refractivity contribution is -0.123. The first-order valence-corrected chi connectivity index (χ1v) is 8.06. The highest BCUT2D eigenvalue weighted by Crippen LogP contribution is 2.29. The summed E-state index contributed by atoms with van der Waals surface area (Å²) < 4.78 is 5.87. The molecule has 4 nitrogen and oxygen atoms in total. The topological polar surface area (TPSA) is 62.5 Å². The molecule has 0 aliphatic rings. The van der Waals surface area contributed by atoms with Gasteiger partial charge in [-0.25, -0.2) is 0 Å². The molecule has 0 spiro atoms. The molecule has 0 fully saturated rings. The number of hydrogen-bond acceptors (Lipinski definition) is 3. The molecule has 0 aliphatic carbocycles. The van der Waals surface area contributed by atoms with Gasteiger partial charge in [-0.15, -0.1) is 0 Å². The summed E-state index contributed by atoms with van der Waals surface area (Å²) in [5.74, 6) is 0.539. The molecule has 0 bridgehead atoms. The number of amides is 1. The highest BCUT2D eigenvalue weighted by molar-refractivity contribution is 5.82. The summed E-state index contributed by atoms with van der Waals surface area (Å²) in [5, 5.41) is 14.1. The molecule has 0 radical (unpaired) electrons. The standard InChI is InChI=1S/C20H21NO3/c1-13-16-10-6-7-11-18(16)24-20(13)14(2)21-19(23)12-17(22)15-8-4-3-5-9-15/h3-11,14,17,22H,12H2,1-2H3,(H,21,23). The van der Waals surface area contributed by atoms with Gasteiger partial charge < -0.3 is 14.8 Å². The molecule has 3 rings (SSSR count). The molecule has 2 N–H and O–H groups in total. The summed E-state index contributed by atoms with van der Waals surface area (Å²) in [6.07, 6.45) is -0.789. The number of fused-ring (bicyclic) bond motifs is 1. The maximum absolute atomic E-state index is 12.2. The summed E-state index contributed by atoms with van der Waals surface area (Å²) in [6, 6.07) is 16.7. The minimum Gasteiger partial charge on any atom is -0.459 e. The fourth-order valence-electron chi connectivity index (χ4n) is 2.94. The first-order chi connectivity index (χ1) is 11.6. The molecule has 2 unspecified atom stereocenters. The lowest BCUT2D eigenvalue weighted by Crippen LogP contribution is -2.28. The molecular formula is C20H21NO3. The predicted molar refractivity (Wildman–Crippen MR) is 93.5 cm³/mol. The van der Waals surface area contributed by atoms with Crippen molar-refractivity contribution < 1.29 is 14.3 Å². The first kappa shape index (κ1) is 16.3. The number of furan rings is 1. The van der Waals surface area contributed by atoms with Gasteiger partial charge in [0.15, 0.2) is 0 Å². The van der Waals surface area contributed by atoms with Crippen molar-refractivity contribution in [2.45, 2.75) is 32.4 Å². The molecule has 2 atom stereocenters. The van der Waals surface area contributed by atoms with E-state index in [1.165, 1.54) is 0 Å². The number of para-hydroxylation sites is 1. The predicted octanol–water partition coefficient (Wildman–Crippen LogP) is 4.04. The average Bonchev–Trinajstić information content (AvgIpc) is 2.93. The summed E-state index contributed by atoms with van der Waals surface area (Å²) in [5.41, 5.74) is 2.58. The molecule has 0 aliphatic heterocycles. The van der Waals surface area contributed by atoms with Crippen molar-refractivity contribution in [2.24, 2.45) is 0 Å². The number of nitrogens with one attached hydrogen (secondary N) is 1. The van der Waals surface area contributed by atoms with Crippen LogP contribution < -0.4 is 5.32 Å². The van der Waals surface area contributed by atoms with Gasteiger partial charge in [-0.3, -0.25) is 4.79 Å². The minimum atomic E-state index is -0.810. The van der Waals surface area contributed by atoms with Crippen LogP contribution in [0.5, 0.6) is 0 Å². The second kappa shape index (κ2) is 6.89. The Labute approximate surface area is 141 Å². The van der Waals surface area contributed by atoms with Crippen LogP contribution in [0.15, 0.2) is 59.0 Å². The van der Waals surface area contributed by atoms with Crippen LogP contribution in [-0.4, -0.2) is 11.0 Å². The molecule has 3 aromatic rings. The number of carbonyl (C=O) groups is 1. The molecule has 24 heavy (non-hydrogen) atoms. The Bertz CT molecular complexity index is 838. The number of benzene rings is 2. The largest absolute Gasteiger partial charge is 0.459 e. The monoisotopic (exact) mass is 323 g/mol. The Hall–Kier alpha value is -2.59. The van der Waals surface area contributed by atoms with Crippen LogP contribution >= 0.6 is 0 Å². The molecule has 1 heterocycles. The third-order valence-electron chi connectivity index (χ3n) is 4.21.